The van der Waals surface area contributed by atoms with Crippen molar-refractivity contribution in [3.63, 3.8) is 0 Å². The van der Waals surface area contributed by atoms with Gasteiger partial charge in [-0.3, -0.25) is 4.79 Å². The number of aliphatic carboxylic acids is 1. The van der Waals surface area contributed by atoms with Crippen molar-refractivity contribution in [2.45, 2.75) is 31.2 Å². The van der Waals surface area contributed by atoms with Gasteiger partial charge in [-0.25, -0.2) is 0 Å². The summed E-state index contributed by atoms with van der Waals surface area (Å²) in [6.07, 6.45) is 2.62. The number of rotatable bonds is 3. The molecule has 0 saturated heterocycles. The van der Waals surface area contributed by atoms with Crippen molar-refractivity contribution in [1.29, 1.82) is 0 Å². The lowest BCUT2D eigenvalue weighted by Gasteiger charge is -2.14. The van der Waals surface area contributed by atoms with Gasteiger partial charge >= 0.3 is 5.97 Å². The molecule has 0 saturated carbocycles. The van der Waals surface area contributed by atoms with Crippen LogP contribution in [0.1, 0.15) is 29.9 Å². The molecule has 3 nitrogen and oxygen atoms in total. The molecular weight excluding hydrogens is 190 g/mol. The summed E-state index contributed by atoms with van der Waals surface area (Å²) in [4.78, 5) is 10.7. The van der Waals surface area contributed by atoms with E-state index in [2.05, 4.69) is 12.1 Å². The number of fused-ring (bicyclic) bond motifs is 1. The van der Waals surface area contributed by atoms with Crippen LogP contribution >= 0.6 is 0 Å². The molecule has 0 radical (unpaired) electrons. The molecule has 1 aliphatic rings. The van der Waals surface area contributed by atoms with Gasteiger partial charge in [-0.1, -0.05) is 24.3 Å². The average Bonchev–Trinajstić information content (AvgIpc) is 2.62. The van der Waals surface area contributed by atoms with Gasteiger partial charge in [-0.2, -0.15) is 0 Å². The standard InChI is InChI=1S/C12H15NO2/c13-11(12(14)15)7-9-6-5-8-3-1-2-4-10(8)9/h1-4,9,11H,5-7,13H2,(H,14,15). The maximum Gasteiger partial charge on any atom is 0.320 e. The molecule has 0 aromatic heterocycles. The topological polar surface area (TPSA) is 63.3 Å². The molecule has 2 atom stereocenters. The summed E-state index contributed by atoms with van der Waals surface area (Å²) in [6, 6.07) is 7.49. The van der Waals surface area contributed by atoms with E-state index >= 15 is 0 Å². The Morgan fingerprint density at radius 2 is 2.27 bits per heavy atom. The van der Waals surface area contributed by atoms with Crippen LogP contribution in [-0.4, -0.2) is 17.1 Å². The van der Waals surface area contributed by atoms with Crippen molar-refractivity contribution in [2.75, 3.05) is 0 Å². The molecule has 2 unspecified atom stereocenters. The minimum Gasteiger partial charge on any atom is -0.480 e. The molecule has 0 spiro atoms. The predicted molar refractivity (Wildman–Crippen MR) is 57.7 cm³/mol. The van der Waals surface area contributed by atoms with Gasteiger partial charge < -0.3 is 10.8 Å². The molecule has 2 rings (SSSR count). The van der Waals surface area contributed by atoms with E-state index < -0.39 is 12.0 Å². The fourth-order valence-corrected chi connectivity index (χ4v) is 2.30. The molecule has 80 valence electrons. The van der Waals surface area contributed by atoms with Gasteiger partial charge in [-0.15, -0.1) is 0 Å². The summed E-state index contributed by atoms with van der Waals surface area (Å²) < 4.78 is 0. The first kappa shape index (κ1) is 10.2. The van der Waals surface area contributed by atoms with E-state index in [1.807, 2.05) is 12.1 Å². The van der Waals surface area contributed by atoms with Gasteiger partial charge in [0.05, 0.1) is 0 Å². The van der Waals surface area contributed by atoms with Gasteiger partial charge in [0.25, 0.3) is 0 Å². The van der Waals surface area contributed by atoms with E-state index in [4.69, 9.17) is 10.8 Å². The van der Waals surface area contributed by atoms with Crippen LogP contribution in [0, 0.1) is 0 Å². The Morgan fingerprint density at radius 3 is 3.00 bits per heavy atom. The van der Waals surface area contributed by atoms with E-state index in [1.165, 1.54) is 11.1 Å². The van der Waals surface area contributed by atoms with Gasteiger partial charge in [0.1, 0.15) is 6.04 Å². The van der Waals surface area contributed by atoms with Crippen molar-refractivity contribution >= 4 is 5.97 Å². The zero-order chi connectivity index (χ0) is 10.8. The van der Waals surface area contributed by atoms with Crippen molar-refractivity contribution in [3.8, 4) is 0 Å². The lowest BCUT2D eigenvalue weighted by Crippen LogP contribution is -2.31. The molecule has 0 fully saturated rings. The second-order valence-electron chi connectivity index (χ2n) is 4.11. The van der Waals surface area contributed by atoms with Crippen molar-refractivity contribution in [1.82, 2.24) is 0 Å². The fourth-order valence-electron chi connectivity index (χ4n) is 2.30. The second kappa shape index (κ2) is 4.03. The average molecular weight is 205 g/mol. The van der Waals surface area contributed by atoms with Crippen LogP contribution in [0.15, 0.2) is 24.3 Å². The number of carboxylic acids is 1. The molecule has 0 aliphatic heterocycles. The highest BCUT2D eigenvalue weighted by molar-refractivity contribution is 5.73. The molecule has 1 aromatic carbocycles. The Kier molecular flexibility index (Phi) is 2.73. The third-order valence-corrected chi connectivity index (χ3v) is 3.11. The zero-order valence-electron chi connectivity index (χ0n) is 8.52. The minimum atomic E-state index is -0.903. The highest BCUT2D eigenvalue weighted by atomic mass is 16.4. The number of carboxylic acid groups (broad SMARTS) is 1. The van der Waals surface area contributed by atoms with Crippen LogP contribution in [0.4, 0.5) is 0 Å². The maximum atomic E-state index is 10.7. The first-order valence-electron chi connectivity index (χ1n) is 5.24. The molecule has 1 aliphatic carbocycles. The second-order valence-corrected chi connectivity index (χ2v) is 4.11. The number of carbonyl (C=O) groups is 1. The van der Waals surface area contributed by atoms with Gasteiger partial charge in [-0.05, 0) is 36.3 Å². The van der Waals surface area contributed by atoms with Crippen molar-refractivity contribution in [2.24, 2.45) is 5.73 Å². The largest absolute Gasteiger partial charge is 0.480 e. The fraction of sp³-hybridized carbons (Fsp3) is 0.417. The molecule has 0 bridgehead atoms. The molecule has 3 heteroatoms. The van der Waals surface area contributed by atoms with Crippen LogP contribution in [-0.2, 0) is 11.2 Å². The van der Waals surface area contributed by atoms with Crippen LogP contribution < -0.4 is 5.73 Å². The van der Waals surface area contributed by atoms with E-state index in [1.54, 1.807) is 0 Å². The van der Waals surface area contributed by atoms with E-state index in [-0.39, 0.29) is 0 Å². The quantitative estimate of drug-likeness (QED) is 0.786. The summed E-state index contributed by atoms with van der Waals surface area (Å²) in [6.45, 7) is 0. The maximum absolute atomic E-state index is 10.7. The lowest BCUT2D eigenvalue weighted by molar-refractivity contribution is -0.138. The first-order valence-corrected chi connectivity index (χ1v) is 5.24. The van der Waals surface area contributed by atoms with Crippen LogP contribution in [0.25, 0.3) is 0 Å². The Labute approximate surface area is 88.9 Å². The van der Waals surface area contributed by atoms with Crippen LogP contribution in [0.2, 0.25) is 0 Å². The van der Waals surface area contributed by atoms with Gasteiger partial charge in [0.15, 0.2) is 0 Å². The summed E-state index contributed by atoms with van der Waals surface area (Å²) in [5.74, 6) is -0.577. The molecule has 0 amide bonds. The number of nitrogens with two attached hydrogens (primary N) is 1. The van der Waals surface area contributed by atoms with Gasteiger partial charge in [0.2, 0.25) is 0 Å². The molecule has 1 aromatic rings. The number of hydrogen-bond donors (Lipinski definition) is 2. The molecule has 15 heavy (non-hydrogen) atoms. The lowest BCUT2D eigenvalue weighted by atomic mass is 9.94. The summed E-state index contributed by atoms with van der Waals surface area (Å²) in [5, 5.41) is 8.77. The monoisotopic (exact) mass is 205 g/mol. The molecule has 3 N–H and O–H groups in total. The minimum absolute atomic E-state index is 0.326. The smallest absolute Gasteiger partial charge is 0.320 e. The molecular formula is C12H15NO2. The Hall–Kier alpha value is -1.35. The highest BCUT2D eigenvalue weighted by Crippen LogP contribution is 2.35. The summed E-state index contributed by atoms with van der Waals surface area (Å²) >= 11 is 0. The SMILES string of the molecule is NC(CC1CCc2ccccc21)C(=O)O. The Morgan fingerprint density at radius 1 is 1.53 bits per heavy atom. The Balaban J connectivity index is 2.11. The van der Waals surface area contributed by atoms with E-state index in [9.17, 15) is 4.79 Å². The van der Waals surface area contributed by atoms with Crippen LogP contribution in [0.3, 0.4) is 0 Å². The summed E-state index contributed by atoms with van der Waals surface area (Å²) in [7, 11) is 0. The van der Waals surface area contributed by atoms with E-state index in [0.717, 1.165) is 12.8 Å². The zero-order valence-corrected chi connectivity index (χ0v) is 8.52. The highest BCUT2D eigenvalue weighted by Gasteiger charge is 2.25. The third-order valence-electron chi connectivity index (χ3n) is 3.11. The van der Waals surface area contributed by atoms with Crippen molar-refractivity contribution < 1.29 is 9.90 Å². The number of hydrogen-bond acceptors (Lipinski definition) is 2. The third kappa shape index (κ3) is 2.02. The predicted octanol–water partition coefficient (Wildman–Crippen LogP) is 1.52. The Bertz CT molecular complexity index is 376. The first-order chi connectivity index (χ1) is 7.18. The van der Waals surface area contributed by atoms with Crippen LogP contribution in [0.5, 0.6) is 0 Å². The summed E-state index contributed by atoms with van der Waals surface area (Å²) in [5.41, 5.74) is 8.19. The normalized spacial score (nSPS) is 21.0. The van der Waals surface area contributed by atoms with E-state index in [0.29, 0.717) is 12.3 Å². The number of aryl methyl sites for hydroxylation is 1. The number of benzene rings is 1. The van der Waals surface area contributed by atoms with Gasteiger partial charge in [0, 0.05) is 0 Å². The van der Waals surface area contributed by atoms with Crippen molar-refractivity contribution in [3.05, 3.63) is 35.4 Å². The molecule has 0 heterocycles.